The van der Waals surface area contributed by atoms with Gasteiger partial charge in [0.1, 0.15) is 12.2 Å². The highest BCUT2D eigenvalue weighted by Crippen LogP contribution is 2.62. The van der Waals surface area contributed by atoms with Crippen LogP contribution in [0.3, 0.4) is 0 Å². The second-order valence-electron chi connectivity index (χ2n) is 13.9. The topological polar surface area (TPSA) is 97.2 Å². The average molecular weight is 676 g/mol. The van der Waals surface area contributed by atoms with Gasteiger partial charge in [0.15, 0.2) is 11.5 Å². The Balaban J connectivity index is 0.000000147. The highest BCUT2D eigenvalue weighted by molar-refractivity contribution is 5.74. The summed E-state index contributed by atoms with van der Waals surface area (Å²) in [5.74, 6) is 1.19. The van der Waals surface area contributed by atoms with E-state index in [-0.39, 0.29) is 23.0 Å². The molecule has 3 aromatic carbocycles. The number of fused-ring (bicyclic) bond motifs is 1. The van der Waals surface area contributed by atoms with Crippen LogP contribution in [0.25, 0.3) is 11.0 Å². The maximum absolute atomic E-state index is 12.9. The van der Waals surface area contributed by atoms with Crippen molar-refractivity contribution in [2.24, 2.45) is 5.92 Å². The zero-order chi connectivity index (χ0) is 34.1. The number of imidazole rings is 1. The third-order valence-corrected chi connectivity index (χ3v) is 11.4. The van der Waals surface area contributed by atoms with E-state index in [0.29, 0.717) is 43.0 Å². The summed E-state index contributed by atoms with van der Waals surface area (Å²) in [6, 6.07) is 17.3. The summed E-state index contributed by atoms with van der Waals surface area (Å²) in [6.07, 6.45) is 0.849. The minimum atomic E-state index is -4.33. The fourth-order valence-corrected chi connectivity index (χ4v) is 8.92. The summed E-state index contributed by atoms with van der Waals surface area (Å²) >= 11 is 0. The average Bonchev–Trinajstić information content (AvgIpc) is 3.62. The van der Waals surface area contributed by atoms with E-state index in [1.165, 1.54) is 23.3 Å². The molecule has 3 aliphatic heterocycles. The quantitative estimate of drug-likeness (QED) is 0.277. The lowest BCUT2D eigenvalue weighted by Crippen LogP contribution is -2.64. The van der Waals surface area contributed by atoms with E-state index in [0.717, 1.165) is 56.1 Å². The van der Waals surface area contributed by atoms with Crippen molar-refractivity contribution < 1.29 is 28.1 Å². The molecule has 12 heteroatoms. The monoisotopic (exact) mass is 675 g/mol. The van der Waals surface area contributed by atoms with Gasteiger partial charge in [-0.1, -0.05) is 36.4 Å². The minimum Gasteiger partial charge on any atom is -0.504 e. The van der Waals surface area contributed by atoms with E-state index in [1.807, 2.05) is 41.3 Å². The van der Waals surface area contributed by atoms with E-state index in [9.17, 15) is 28.2 Å². The lowest BCUT2D eigenvalue weighted by Gasteiger charge is -2.56. The molecular formula is C37H40F3N5O4. The number of benzene rings is 3. The Hall–Kier alpha value is -4.26. The van der Waals surface area contributed by atoms with E-state index < -0.39 is 17.8 Å². The van der Waals surface area contributed by atoms with Gasteiger partial charge in [0.2, 0.25) is 0 Å². The van der Waals surface area contributed by atoms with Crippen molar-refractivity contribution in [3.8, 4) is 11.5 Å². The molecule has 2 fully saturated rings. The van der Waals surface area contributed by atoms with Crippen molar-refractivity contribution in [1.29, 1.82) is 0 Å². The number of piperidine rings is 1. The molecule has 5 atom stereocenters. The molecule has 0 amide bonds. The third-order valence-electron chi connectivity index (χ3n) is 11.4. The second kappa shape index (κ2) is 12.0. The largest absolute Gasteiger partial charge is 0.504 e. The van der Waals surface area contributed by atoms with Crippen LogP contribution < -0.4 is 15.3 Å². The molecular weight excluding hydrogens is 635 g/mol. The summed E-state index contributed by atoms with van der Waals surface area (Å²) < 4.78 is 46.6. The molecule has 2 aliphatic carbocycles. The number of aliphatic hydroxyl groups excluding tert-OH is 1. The Morgan fingerprint density at radius 2 is 1.78 bits per heavy atom. The summed E-state index contributed by atoms with van der Waals surface area (Å²) in [5.41, 5.74) is 3.85. The Labute approximate surface area is 281 Å². The number of phenols is 1. The van der Waals surface area contributed by atoms with E-state index in [2.05, 4.69) is 27.9 Å². The fourth-order valence-electron chi connectivity index (χ4n) is 8.92. The fraction of sp³-hybridized carbons (Fsp3) is 0.432. The maximum Gasteiger partial charge on any atom is 0.416 e. The first-order chi connectivity index (χ1) is 23.5. The number of anilines is 1. The number of ether oxygens (including phenoxy) is 1. The van der Waals surface area contributed by atoms with E-state index in [1.54, 1.807) is 16.7 Å². The molecule has 258 valence electrons. The van der Waals surface area contributed by atoms with E-state index in [4.69, 9.17) is 4.74 Å². The molecule has 0 saturated carbocycles. The number of rotatable bonds is 4. The van der Waals surface area contributed by atoms with Gasteiger partial charge in [-0.3, -0.25) is 9.47 Å². The number of aromatic amines is 1. The molecule has 0 unspecified atom stereocenters. The molecule has 5 aliphatic rings. The summed E-state index contributed by atoms with van der Waals surface area (Å²) in [7, 11) is 2.19. The van der Waals surface area contributed by atoms with Crippen LogP contribution in [0.5, 0.6) is 11.5 Å². The zero-order valence-electron chi connectivity index (χ0n) is 27.2. The van der Waals surface area contributed by atoms with Crippen molar-refractivity contribution in [1.82, 2.24) is 19.4 Å². The predicted molar refractivity (Wildman–Crippen MR) is 180 cm³/mol. The van der Waals surface area contributed by atoms with Gasteiger partial charge in [-0.2, -0.15) is 13.2 Å². The van der Waals surface area contributed by atoms with Gasteiger partial charge in [-0.15, -0.1) is 0 Å². The van der Waals surface area contributed by atoms with Gasteiger partial charge < -0.3 is 29.7 Å². The smallest absolute Gasteiger partial charge is 0.416 e. The van der Waals surface area contributed by atoms with Gasteiger partial charge in [-0.25, -0.2) is 4.79 Å². The number of likely N-dealkylation sites (N-methyl/N-ethyl adjacent to an activating group) is 1. The molecule has 0 radical (unpaired) electrons. The first kappa shape index (κ1) is 32.0. The number of aliphatic hydroxyl groups is 1. The van der Waals surface area contributed by atoms with Crippen LogP contribution in [0.1, 0.15) is 23.1 Å². The van der Waals surface area contributed by atoms with Crippen molar-refractivity contribution in [2.75, 3.05) is 51.2 Å². The van der Waals surface area contributed by atoms with Gasteiger partial charge >= 0.3 is 11.9 Å². The SMILES string of the molecule is CN1CC[C@]23c4c5ccc(O)c4O[C@H]2[C@@H](O)C=C[C@H]3[C@H]1C5.O=c1[nH]c2ccccc2n1CCN1CCN(c2cccc(C(F)(F)F)c2)CC1. The Morgan fingerprint density at radius 1 is 0.980 bits per heavy atom. The maximum atomic E-state index is 12.9. The Bertz CT molecular complexity index is 1970. The number of hydrogen-bond donors (Lipinski definition) is 3. The van der Waals surface area contributed by atoms with Gasteiger partial charge in [0.05, 0.1) is 16.6 Å². The number of nitrogens with zero attached hydrogens (tertiary/aromatic N) is 4. The van der Waals surface area contributed by atoms with Crippen molar-refractivity contribution in [3.63, 3.8) is 0 Å². The normalized spacial score (nSPS) is 27.4. The van der Waals surface area contributed by atoms with E-state index >= 15 is 0 Å². The van der Waals surface area contributed by atoms with Gasteiger partial charge in [0.25, 0.3) is 0 Å². The van der Waals surface area contributed by atoms with Crippen LogP contribution in [0.15, 0.2) is 77.6 Å². The number of phenolic OH excluding ortho intramolecular Hbond substituents is 1. The number of aromatic hydroxyl groups is 1. The molecule has 2 bridgehead atoms. The molecule has 3 N–H and O–H groups in total. The molecule has 1 aromatic heterocycles. The van der Waals surface area contributed by atoms with Crippen molar-refractivity contribution in [3.05, 3.63) is 100.0 Å². The van der Waals surface area contributed by atoms with Crippen LogP contribution in [0, 0.1) is 5.92 Å². The summed E-state index contributed by atoms with van der Waals surface area (Å²) in [4.78, 5) is 21.6. The van der Waals surface area contributed by atoms with Crippen LogP contribution in [-0.4, -0.2) is 94.1 Å². The molecule has 49 heavy (non-hydrogen) atoms. The van der Waals surface area contributed by atoms with Crippen LogP contribution in [0.2, 0.25) is 0 Å². The van der Waals surface area contributed by atoms with Crippen molar-refractivity contribution in [2.45, 2.75) is 49.2 Å². The first-order valence-electron chi connectivity index (χ1n) is 17.0. The minimum absolute atomic E-state index is 0.121. The first-order valence-corrected chi connectivity index (χ1v) is 17.0. The number of para-hydroxylation sites is 2. The Morgan fingerprint density at radius 3 is 2.57 bits per heavy atom. The van der Waals surface area contributed by atoms with Crippen LogP contribution in [0.4, 0.5) is 18.9 Å². The molecule has 1 spiro atoms. The number of likely N-dealkylation sites (tertiary alicyclic amines) is 1. The molecule has 9 rings (SSSR count). The highest BCUT2D eigenvalue weighted by atomic mass is 19.4. The van der Waals surface area contributed by atoms with Crippen LogP contribution >= 0.6 is 0 Å². The molecule has 4 heterocycles. The van der Waals surface area contributed by atoms with Gasteiger partial charge in [0, 0.05) is 67.9 Å². The number of piperazine rings is 1. The number of halogens is 3. The number of nitrogens with one attached hydrogen (secondary N) is 1. The molecule has 4 aromatic rings. The molecule has 2 saturated heterocycles. The van der Waals surface area contributed by atoms with Crippen molar-refractivity contribution >= 4 is 16.7 Å². The number of alkyl halides is 3. The second-order valence-corrected chi connectivity index (χ2v) is 13.9. The predicted octanol–water partition coefficient (Wildman–Crippen LogP) is 4.37. The standard InChI is InChI=1S/C20H21F3N4O.C17H19NO3/c21-20(22,23)15-4-3-5-16(14-15)26-11-8-25(9-12-26)10-13-27-18-7-2-1-6-17(18)24-19(27)28;1-18-7-6-17-10-3-5-13(20)16(17)21-15-12(19)4-2-9(14(15)17)8-11(10)18/h1-7,14H,8-13H2,(H,24,28);2-5,10-11,13,16,19-20H,6-8H2,1H3/t;10-,11+,13-,16-,17-/m.0/s1. The summed E-state index contributed by atoms with van der Waals surface area (Å²) in [6.45, 7) is 5.11. The number of hydrogen-bond acceptors (Lipinski definition) is 7. The third kappa shape index (κ3) is 5.32. The summed E-state index contributed by atoms with van der Waals surface area (Å²) in [5, 5.41) is 20.6. The lowest BCUT2D eigenvalue weighted by molar-refractivity contribution is -0.137. The highest BCUT2D eigenvalue weighted by Gasteiger charge is 2.64. The van der Waals surface area contributed by atoms with Gasteiger partial charge in [-0.05, 0) is 68.4 Å². The Kier molecular flexibility index (Phi) is 7.80. The zero-order valence-corrected chi connectivity index (χ0v) is 27.2. The lowest BCUT2D eigenvalue weighted by atomic mass is 9.53. The number of H-pyrrole nitrogens is 1. The molecule has 9 nitrogen and oxygen atoms in total. The van der Waals surface area contributed by atoms with Crippen LogP contribution in [-0.2, 0) is 24.6 Å². The number of aromatic nitrogens is 2.